The van der Waals surface area contributed by atoms with E-state index in [1.54, 1.807) is 0 Å². The first-order valence-electron chi connectivity index (χ1n) is 5.82. The molecule has 0 saturated heterocycles. The summed E-state index contributed by atoms with van der Waals surface area (Å²) < 4.78 is 27.0. The molecule has 4 nitrogen and oxygen atoms in total. The molecule has 0 fully saturated rings. The van der Waals surface area contributed by atoms with Crippen molar-refractivity contribution < 1.29 is 13.9 Å². The van der Waals surface area contributed by atoms with E-state index in [1.807, 2.05) is 0 Å². The lowest BCUT2D eigenvalue weighted by molar-refractivity contribution is 0.481. The van der Waals surface area contributed by atoms with E-state index >= 15 is 0 Å². The van der Waals surface area contributed by atoms with E-state index in [9.17, 15) is 18.7 Å². The summed E-state index contributed by atoms with van der Waals surface area (Å²) in [4.78, 5) is 17.9. The van der Waals surface area contributed by atoms with E-state index in [-0.39, 0.29) is 5.75 Å². The molecule has 2 heterocycles. The Morgan fingerprint density at radius 1 is 1.29 bits per heavy atom. The van der Waals surface area contributed by atoms with Crippen molar-refractivity contribution in [3.05, 3.63) is 51.8 Å². The van der Waals surface area contributed by atoms with Gasteiger partial charge in [0, 0.05) is 11.8 Å². The highest BCUT2D eigenvalue weighted by Gasteiger charge is 2.10. The minimum atomic E-state index is -0.889. The summed E-state index contributed by atoms with van der Waals surface area (Å²) in [6, 6.07) is 4.80. The maximum atomic E-state index is 13.1. The second-order valence-corrected chi connectivity index (χ2v) is 6.44. The van der Waals surface area contributed by atoms with Gasteiger partial charge in [0.25, 0.3) is 5.56 Å². The summed E-state index contributed by atoms with van der Waals surface area (Å²) in [7, 11) is 0. The van der Waals surface area contributed by atoms with Gasteiger partial charge in [0.1, 0.15) is 10.4 Å². The van der Waals surface area contributed by atoms with E-state index in [4.69, 9.17) is 0 Å². The number of halogens is 2. The van der Waals surface area contributed by atoms with Crippen LogP contribution in [-0.4, -0.2) is 15.1 Å². The summed E-state index contributed by atoms with van der Waals surface area (Å²) >= 11 is 2.54. The van der Waals surface area contributed by atoms with Gasteiger partial charge in [0.2, 0.25) is 0 Å². The lowest BCUT2D eigenvalue weighted by Crippen LogP contribution is -2.02. The molecule has 0 aliphatic carbocycles. The molecule has 0 amide bonds. The van der Waals surface area contributed by atoms with E-state index in [0.717, 1.165) is 18.2 Å². The fourth-order valence-electron chi connectivity index (χ4n) is 1.74. The smallest absolute Gasteiger partial charge is 0.253 e. The zero-order valence-corrected chi connectivity index (χ0v) is 12.0. The molecule has 0 aliphatic rings. The van der Waals surface area contributed by atoms with Crippen LogP contribution in [0.5, 0.6) is 5.75 Å². The van der Waals surface area contributed by atoms with Gasteiger partial charge in [0.05, 0.1) is 0 Å². The minimum absolute atomic E-state index is 0.120. The number of thiazole rings is 1. The maximum Gasteiger partial charge on any atom is 0.253 e. The van der Waals surface area contributed by atoms with Gasteiger partial charge in [-0.2, -0.15) is 0 Å². The van der Waals surface area contributed by atoms with Gasteiger partial charge >= 0.3 is 0 Å². The number of aromatic nitrogens is 2. The van der Waals surface area contributed by atoms with Crippen LogP contribution in [0.15, 0.2) is 33.4 Å². The topological polar surface area (TPSA) is 66.0 Å². The highest BCUT2D eigenvalue weighted by Crippen LogP contribution is 2.34. The fourth-order valence-corrected chi connectivity index (χ4v) is 3.69. The maximum absolute atomic E-state index is 13.1. The predicted octanol–water partition coefficient (Wildman–Crippen LogP) is 3.26. The van der Waals surface area contributed by atoms with E-state index in [1.165, 1.54) is 29.2 Å². The van der Waals surface area contributed by atoms with Crippen LogP contribution in [0.4, 0.5) is 8.78 Å². The average molecular weight is 326 g/mol. The van der Waals surface area contributed by atoms with Gasteiger partial charge in [-0.15, -0.1) is 11.3 Å². The molecule has 1 aromatic carbocycles. The Kier molecular flexibility index (Phi) is 3.64. The number of aromatic amines is 1. The number of hydrogen-bond acceptors (Lipinski definition) is 5. The molecule has 0 unspecified atom stereocenters. The summed E-state index contributed by atoms with van der Waals surface area (Å²) in [5, 5.41) is 9.67. The van der Waals surface area contributed by atoms with Crippen molar-refractivity contribution in [3.8, 4) is 5.75 Å². The number of nitrogens with zero attached hydrogens (tertiary/aromatic N) is 1. The summed E-state index contributed by atoms with van der Waals surface area (Å²) in [5.74, 6) is -1.49. The molecular weight excluding hydrogens is 318 g/mol. The second-order valence-electron chi connectivity index (χ2n) is 4.21. The number of thioether (sulfide) groups is 1. The Hall–Kier alpha value is -1.93. The van der Waals surface area contributed by atoms with Gasteiger partial charge in [-0.1, -0.05) is 17.8 Å². The molecule has 0 radical (unpaired) electrons. The molecule has 3 aromatic rings. The van der Waals surface area contributed by atoms with Crippen molar-refractivity contribution >= 4 is 33.4 Å². The van der Waals surface area contributed by atoms with Gasteiger partial charge in [-0.3, -0.25) is 4.79 Å². The summed E-state index contributed by atoms with van der Waals surface area (Å²) in [6.45, 7) is 0. The monoisotopic (exact) mass is 326 g/mol. The molecule has 0 bridgehead atoms. The molecule has 3 rings (SSSR count). The number of H-pyrrole nitrogens is 1. The van der Waals surface area contributed by atoms with E-state index < -0.39 is 17.2 Å². The standard InChI is InChI=1S/C13H8F2N2O2S2/c14-7-2-1-6(3-8(7)15)5-20-13-17-12-11(21-13)9(18)4-10(19)16-12/h1-4H,5H2,(H2,16,18,19). The lowest BCUT2D eigenvalue weighted by Gasteiger charge is -1.99. The number of benzene rings is 1. The van der Waals surface area contributed by atoms with Crippen LogP contribution in [0.2, 0.25) is 0 Å². The lowest BCUT2D eigenvalue weighted by atomic mass is 10.2. The molecule has 0 spiro atoms. The van der Waals surface area contributed by atoms with Crippen molar-refractivity contribution in [1.82, 2.24) is 9.97 Å². The first-order chi connectivity index (χ1) is 10.0. The van der Waals surface area contributed by atoms with Crippen LogP contribution in [-0.2, 0) is 5.75 Å². The molecule has 21 heavy (non-hydrogen) atoms. The van der Waals surface area contributed by atoms with Crippen LogP contribution in [0.1, 0.15) is 5.56 Å². The molecule has 108 valence electrons. The fraction of sp³-hybridized carbons (Fsp3) is 0.0769. The van der Waals surface area contributed by atoms with Gasteiger partial charge in [0.15, 0.2) is 21.6 Å². The van der Waals surface area contributed by atoms with Crippen LogP contribution >= 0.6 is 23.1 Å². The Morgan fingerprint density at radius 2 is 2.10 bits per heavy atom. The van der Waals surface area contributed by atoms with Crippen molar-refractivity contribution in [1.29, 1.82) is 0 Å². The molecule has 8 heteroatoms. The Bertz CT molecular complexity index is 876. The van der Waals surface area contributed by atoms with Crippen LogP contribution in [0.25, 0.3) is 10.3 Å². The van der Waals surface area contributed by atoms with Crippen molar-refractivity contribution in [2.75, 3.05) is 0 Å². The van der Waals surface area contributed by atoms with Gasteiger partial charge in [-0.25, -0.2) is 13.8 Å². The first-order valence-corrected chi connectivity index (χ1v) is 7.62. The van der Waals surface area contributed by atoms with Crippen LogP contribution < -0.4 is 5.56 Å². The molecule has 0 atom stereocenters. The van der Waals surface area contributed by atoms with Crippen molar-refractivity contribution in [2.45, 2.75) is 10.1 Å². The molecule has 0 saturated carbocycles. The predicted molar refractivity (Wildman–Crippen MR) is 77.8 cm³/mol. The highest BCUT2D eigenvalue weighted by molar-refractivity contribution is 8.00. The normalized spacial score (nSPS) is 11.1. The van der Waals surface area contributed by atoms with E-state index in [0.29, 0.717) is 26.0 Å². The van der Waals surface area contributed by atoms with Gasteiger partial charge in [-0.05, 0) is 17.7 Å². The summed E-state index contributed by atoms with van der Waals surface area (Å²) in [6.07, 6.45) is 0. The number of pyridine rings is 1. The van der Waals surface area contributed by atoms with E-state index in [2.05, 4.69) is 9.97 Å². The SMILES string of the molecule is O=c1cc(O)c2sc(SCc3ccc(F)c(F)c3)nc2[nH]1. The third kappa shape index (κ3) is 2.91. The molecule has 2 N–H and O–H groups in total. The molecular formula is C13H8F2N2O2S2. The van der Waals surface area contributed by atoms with Gasteiger partial charge < -0.3 is 10.1 Å². The molecule has 0 aliphatic heterocycles. The van der Waals surface area contributed by atoms with Crippen molar-refractivity contribution in [2.24, 2.45) is 0 Å². The summed E-state index contributed by atoms with van der Waals surface area (Å²) in [5.41, 5.74) is 0.510. The Morgan fingerprint density at radius 3 is 2.86 bits per heavy atom. The first kappa shape index (κ1) is 14.0. The van der Waals surface area contributed by atoms with Crippen LogP contribution in [0, 0.1) is 11.6 Å². The largest absolute Gasteiger partial charge is 0.506 e. The molecule has 2 aromatic heterocycles. The number of rotatable bonds is 3. The Balaban J connectivity index is 1.83. The number of nitrogens with one attached hydrogen (secondary N) is 1. The third-order valence-electron chi connectivity index (χ3n) is 2.70. The van der Waals surface area contributed by atoms with Crippen LogP contribution in [0.3, 0.4) is 0 Å². The zero-order chi connectivity index (χ0) is 15.0. The second kappa shape index (κ2) is 5.45. The minimum Gasteiger partial charge on any atom is -0.506 e. The third-order valence-corrected chi connectivity index (χ3v) is 4.99. The highest BCUT2D eigenvalue weighted by atomic mass is 32.2. The zero-order valence-electron chi connectivity index (χ0n) is 10.4. The van der Waals surface area contributed by atoms with Crippen molar-refractivity contribution in [3.63, 3.8) is 0 Å². The number of fused-ring (bicyclic) bond motifs is 1. The number of aromatic hydroxyl groups is 1. The average Bonchev–Trinajstić information content (AvgIpc) is 2.83. The number of hydrogen-bond donors (Lipinski definition) is 2. The Labute approximate surface area is 125 Å². The quantitative estimate of drug-likeness (QED) is 0.725.